The fraction of sp³-hybridized carbons (Fsp3) is 0.400. The molecule has 0 fully saturated rings. The number of fused-ring (bicyclic) bond motifs is 2. The maximum absolute atomic E-state index is 11.7. The minimum absolute atomic E-state index is 0.193. The highest BCUT2D eigenvalue weighted by Gasteiger charge is 2.32. The molecule has 1 aliphatic heterocycles. The number of allylic oxidation sites excluding steroid dienone is 1. The number of aromatic carboxylic acids is 1. The number of carbonyl (C=O) groups is 1. The summed E-state index contributed by atoms with van der Waals surface area (Å²) in [6, 6.07) is 8.45. The van der Waals surface area contributed by atoms with E-state index in [0.29, 0.717) is 19.2 Å². The number of nitrogens with zero attached hydrogens (tertiary/aromatic N) is 3. The fourth-order valence-electron chi connectivity index (χ4n) is 4.08. The summed E-state index contributed by atoms with van der Waals surface area (Å²) in [7, 11) is 0. The van der Waals surface area contributed by atoms with Gasteiger partial charge in [0.15, 0.2) is 5.69 Å². The van der Waals surface area contributed by atoms with Crippen LogP contribution in [0.4, 0.5) is 0 Å². The molecule has 2 aromatic rings. The highest BCUT2D eigenvalue weighted by Crippen LogP contribution is 2.31. The molecule has 1 aromatic carbocycles. The van der Waals surface area contributed by atoms with Crippen molar-refractivity contribution in [2.75, 3.05) is 13.2 Å². The first kappa shape index (κ1) is 16.8. The highest BCUT2D eigenvalue weighted by atomic mass is 16.5. The second-order valence-electron chi connectivity index (χ2n) is 6.87. The van der Waals surface area contributed by atoms with E-state index in [9.17, 15) is 9.90 Å². The molecule has 6 heteroatoms. The van der Waals surface area contributed by atoms with Gasteiger partial charge >= 0.3 is 5.97 Å². The van der Waals surface area contributed by atoms with Crippen molar-refractivity contribution in [3.8, 4) is 5.75 Å². The standard InChI is InChI=1S/C20H23N3O3/c1-2-9-23-17-8-7-15(12-16(17)19(21-23)20(24)25)22-10-11-26-18-6-4-3-5-14(18)13-22/h2-6,15H,1,7-13H2,(H,24,25)/t15-/m0/s1. The van der Waals surface area contributed by atoms with Crippen LogP contribution in [0, 0.1) is 0 Å². The van der Waals surface area contributed by atoms with Gasteiger partial charge in [0.1, 0.15) is 12.4 Å². The Balaban J connectivity index is 1.60. The van der Waals surface area contributed by atoms with Crippen LogP contribution in [0.2, 0.25) is 0 Å². The third-order valence-electron chi connectivity index (χ3n) is 5.32. The Morgan fingerprint density at radius 1 is 1.42 bits per heavy atom. The molecule has 136 valence electrons. The van der Waals surface area contributed by atoms with E-state index in [4.69, 9.17) is 4.74 Å². The van der Waals surface area contributed by atoms with E-state index in [-0.39, 0.29) is 5.69 Å². The monoisotopic (exact) mass is 353 g/mol. The first-order valence-corrected chi connectivity index (χ1v) is 9.05. The minimum atomic E-state index is -0.950. The number of benzene rings is 1. The topological polar surface area (TPSA) is 67.6 Å². The number of hydrogen-bond donors (Lipinski definition) is 1. The Morgan fingerprint density at radius 2 is 2.27 bits per heavy atom. The van der Waals surface area contributed by atoms with E-state index in [1.807, 2.05) is 18.2 Å². The lowest BCUT2D eigenvalue weighted by molar-refractivity contribution is 0.0687. The Morgan fingerprint density at radius 3 is 3.08 bits per heavy atom. The third-order valence-corrected chi connectivity index (χ3v) is 5.32. The van der Waals surface area contributed by atoms with Gasteiger partial charge in [-0.25, -0.2) is 4.79 Å². The molecule has 1 aromatic heterocycles. The average Bonchev–Trinajstić information content (AvgIpc) is 2.86. The van der Waals surface area contributed by atoms with Gasteiger partial charge in [0.25, 0.3) is 0 Å². The summed E-state index contributed by atoms with van der Waals surface area (Å²) in [6.07, 6.45) is 4.31. The van der Waals surface area contributed by atoms with Gasteiger partial charge < -0.3 is 9.84 Å². The normalized spacial score (nSPS) is 19.8. The maximum atomic E-state index is 11.7. The van der Waals surface area contributed by atoms with Crippen LogP contribution in [-0.2, 0) is 25.9 Å². The van der Waals surface area contributed by atoms with Crippen LogP contribution in [0.15, 0.2) is 36.9 Å². The van der Waals surface area contributed by atoms with Gasteiger partial charge in [-0.15, -0.1) is 6.58 Å². The molecule has 1 N–H and O–H groups in total. The summed E-state index contributed by atoms with van der Waals surface area (Å²) in [4.78, 5) is 14.1. The quantitative estimate of drug-likeness (QED) is 0.856. The predicted molar refractivity (Wildman–Crippen MR) is 97.5 cm³/mol. The van der Waals surface area contributed by atoms with Crippen LogP contribution in [0.5, 0.6) is 5.75 Å². The SMILES string of the molecule is C=CCn1nc(C(=O)O)c2c1CC[C@H](N1CCOc3ccccc3C1)C2. The van der Waals surface area contributed by atoms with E-state index in [0.717, 1.165) is 49.4 Å². The molecular weight excluding hydrogens is 330 g/mol. The smallest absolute Gasteiger partial charge is 0.356 e. The van der Waals surface area contributed by atoms with E-state index in [1.54, 1.807) is 10.8 Å². The molecule has 1 atom stereocenters. The van der Waals surface area contributed by atoms with Gasteiger partial charge in [0.2, 0.25) is 0 Å². The molecule has 0 spiro atoms. The summed E-state index contributed by atoms with van der Waals surface area (Å²) in [5, 5.41) is 13.9. The lowest BCUT2D eigenvalue weighted by atomic mass is 9.90. The first-order chi connectivity index (χ1) is 12.7. The molecular formula is C20H23N3O3. The number of aromatic nitrogens is 2. The molecule has 4 rings (SSSR count). The molecule has 26 heavy (non-hydrogen) atoms. The fourth-order valence-corrected chi connectivity index (χ4v) is 4.08. The van der Waals surface area contributed by atoms with Gasteiger partial charge in [0.05, 0.1) is 6.54 Å². The second kappa shape index (κ2) is 6.96. The maximum Gasteiger partial charge on any atom is 0.356 e. The van der Waals surface area contributed by atoms with E-state index < -0.39 is 5.97 Å². The molecule has 0 bridgehead atoms. The zero-order valence-electron chi connectivity index (χ0n) is 14.7. The van der Waals surface area contributed by atoms with Crippen molar-refractivity contribution in [2.24, 2.45) is 0 Å². The Hall–Kier alpha value is -2.60. The summed E-state index contributed by atoms with van der Waals surface area (Å²) < 4.78 is 7.67. The number of carboxylic acid groups (broad SMARTS) is 1. The number of rotatable bonds is 4. The van der Waals surface area contributed by atoms with Gasteiger partial charge in [-0.3, -0.25) is 9.58 Å². The lowest BCUT2D eigenvalue weighted by Crippen LogP contribution is -2.40. The molecule has 2 aliphatic rings. The largest absolute Gasteiger partial charge is 0.492 e. The van der Waals surface area contributed by atoms with Gasteiger partial charge in [-0.1, -0.05) is 24.3 Å². The highest BCUT2D eigenvalue weighted by molar-refractivity contribution is 5.87. The molecule has 0 saturated carbocycles. The van der Waals surface area contributed by atoms with Gasteiger partial charge in [0, 0.05) is 36.0 Å². The zero-order valence-corrected chi connectivity index (χ0v) is 14.7. The number of carboxylic acids is 1. The van der Waals surface area contributed by atoms with Crippen molar-refractivity contribution >= 4 is 5.97 Å². The van der Waals surface area contributed by atoms with Gasteiger partial charge in [-0.2, -0.15) is 5.10 Å². The number of ether oxygens (including phenoxy) is 1. The molecule has 0 saturated heterocycles. The van der Waals surface area contributed by atoms with Crippen molar-refractivity contribution < 1.29 is 14.6 Å². The zero-order chi connectivity index (χ0) is 18.1. The van der Waals surface area contributed by atoms with Crippen LogP contribution in [0.1, 0.15) is 33.7 Å². The van der Waals surface area contributed by atoms with Crippen LogP contribution < -0.4 is 4.74 Å². The van der Waals surface area contributed by atoms with Crippen molar-refractivity contribution in [1.82, 2.24) is 14.7 Å². The number of para-hydroxylation sites is 1. The molecule has 0 unspecified atom stereocenters. The molecule has 6 nitrogen and oxygen atoms in total. The van der Waals surface area contributed by atoms with E-state index in [1.165, 1.54) is 5.56 Å². The van der Waals surface area contributed by atoms with Crippen LogP contribution in [0.25, 0.3) is 0 Å². The van der Waals surface area contributed by atoms with Crippen molar-refractivity contribution in [3.63, 3.8) is 0 Å². The minimum Gasteiger partial charge on any atom is -0.492 e. The molecule has 1 aliphatic carbocycles. The molecule has 0 amide bonds. The Bertz CT molecular complexity index is 843. The van der Waals surface area contributed by atoms with E-state index in [2.05, 4.69) is 22.6 Å². The van der Waals surface area contributed by atoms with Crippen molar-refractivity contribution in [2.45, 2.75) is 38.4 Å². The first-order valence-electron chi connectivity index (χ1n) is 9.05. The van der Waals surface area contributed by atoms with Crippen LogP contribution in [0.3, 0.4) is 0 Å². The second-order valence-corrected chi connectivity index (χ2v) is 6.87. The van der Waals surface area contributed by atoms with E-state index >= 15 is 0 Å². The van der Waals surface area contributed by atoms with Crippen LogP contribution in [-0.4, -0.2) is 44.9 Å². The van der Waals surface area contributed by atoms with Crippen molar-refractivity contribution in [3.05, 3.63) is 59.4 Å². The van der Waals surface area contributed by atoms with Crippen molar-refractivity contribution in [1.29, 1.82) is 0 Å². The summed E-state index contributed by atoms with van der Waals surface area (Å²) in [5.74, 6) is 0.00536. The summed E-state index contributed by atoms with van der Waals surface area (Å²) >= 11 is 0. The third kappa shape index (κ3) is 3.01. The average molecular weight is 353 g/mol. The Kier molecular flexibility index (Phi) is 4.51. The molecule has 2 heterocycles. The summed E-state index contributed by atoms with van der Waals surface area (Å²) in [5.41, 5.74) is 3.31. The number of hydrogen-bond acceptors (Lipinski definition) is 4. The lowest BCUT2D eigenvalue weighted by Gasteiger charge is -2.33. The predicted octanol–water partition coefficient (Wildman–Crippen LogP) is 2.52. The summed E-state index contributed by atoms with van der Waals surface area (Å²) in [6.45, 7) is 6.63. The van der Waals surface area contributed by atoms with Gasteiger partial charge in [-0.05, 0) is 25.3 Å². The molecule has 0 radical (unpaired) electrons. The van der Waals surface area contributed by atoms with Crippen LogP contribution >= 0.6 is 0 Å². The Labute approximate surface area is 152 Å².